The summed E-state index contributed by atoms with van der Waals surface area (Å²) in [7, 11) is 1.67. The Bertz CT molecular complexity index is 440. The van der Waals surface area contributed by atoms with Crippen molar-refractivity contribution in [3.05, 3.63) is 11.8 Å². The lowest BCUT2D eigenvalue weighted by Crippen LogP contribution is -2.28. The summed E-state index contributed by atoms with van der Waals surface area (Å²) < 4.78 is 6.72. The molecule has 0 saturated carbocycles. The van der Waals surface area contributed by atoms with Crippen LogP contribution >= 0.6 is 0 Å². The molecular formula is C10H12N4O2. The largest absolute Gasteiger partial charge is 0.368 e. The average molecular weight is 220 g/mol. The number of carbonyl (C=O) groups excluding carboxylic acids is 1. The highest BCUT2D eigenvalue weighted by atomic mass is 16.5. The van der Waals surface area contributed by atoms with E-state index < -0.39 is 6.10 Å². The van der Waals surface area contributed by atoms with Crippen LogP contribution in [0.25, 0.3) is 0 Å². The summed E-state index contributed by atoms with van der Waals surface area (Å²) in [5, 5.41) is 15.4. The summed E-state index contributed by atoms with van der Waals surface area (Å²) in [6.07, 6.45) is 2.65. The van der Waals surface area contributed by atoms with Crippen molar-refractivity contribution < 1.29 is 9.53 Å². The first-order valence-corrected chi connectivity index (χ1v) is 5.07. The van der Waals surface area contributed by atoms with E-state index in [9.17, 15) is 4.79 Å². The Morgan fingerprint density at radius 2 is 2.62 bits per heavy atom. The first-order valence-electron chi connectivity index (χ1n) is 5.07. The molecule has 1 aromatic rings. The summed E-state index contributed by atoms with van der Waals surface area (Å²) in [5.41, 5.74) is 0.355. The second-order valence-corrected chi connectivity index (χ2v) is 3.63. The molecule has 1 fully saturated rings. The monoisotopic (exact) mass is 220 g/mol. The zero-order valence-electron chi connectivity index (χ0n) is 8.93. The lowest BCUT2D eigenvalue weighted by atomic mass is 10.2. The van der Waals surface area contributed by atoms with Crippen LogP contribution < -0.4 is 5.32 Å². The van der Waals surface area contributed by atoms with E-state index in [0.29, 0.717) is 18.0 Å². The second kappa shape index (κ2) is 4.33. The van der Waals surface area contributed by atoms with Crippen LogP contribution in [0.2, 0.25) is 0 Å². The van der Waals surface area contributed by atoms with E-state index in [2.05, 4.69) is 10.4 Å². The van der Waals surface area contributed by atoms with Crippen LogP contribution in [0.3, 0.4) is 0 Å². The molecule has 1 aromatic heterocycles. The third-order valence-corrected chi connectivity index (χ3v) is 2.52. The van der Waals surface area contributed by atoms with Gasteiger partial charge in [-0.1, -0.05) is 0 Å². The van der Waals surface area contributed by atoms with Gasteiger partial charge in [-0.25, -0.2) is 0 Å². The van der Waals surface area contributed by atoms with E-state index in [1.807, 2.05) is 6.07 Å². The van der Waals surface area contributed by atoms with Gasteiger partial charge in [-0.05, 0) is 12.8 Å². The highest BCUT2D eigenvalue weighted by Crippen LogP contribution is 2.17. The van der Waals surface area contributed by atoms with Gasteiger partial charge in [0.2, 0.25) is 0 Å². The van der Waals surface area contributed by atoms with Crippen molar-refractivity contribution in [2.24, 2.45) is 7.05 Å². The van der Waals surface area contributed by atoms with Crippen LogP contribution in [0, 0.1) is 11.3 Å². The number of nitriles is 1. The number of ether oxygens (including phenoxy) is 1. The molecule has 1 aliphatic heterocycles. The van der Waals surface area contributed by atoms with Crippen molar-refractivity contribution in [2.75, 3.05) is 11.9 Å². The molecule has 1 aliphatic rings. The van der Waals surface area contributed by atoms with Gasteiger partial charge in [0.05, 0.1) is 6.20 Å². The van der Waals surface area contributed by atoms with Crippen LogP contribution in [0.4, 0.5) is 5.82 Å². The van der Waals surface area contributed by atoms with Crippen LogP contribution in [0.5, 0.6) is 0 Å². The molecule has 0 aliphatic carbocycles. The van der Waals surface area contributed by atoms with Crippen molar-refractivity contribution >= 4 is 11.7 Å². The average Bonchev–Trinajstić information content (AvgIpc) is 2.89. The molecule has 0 bridgehead atoms. The Labute approximate surface area is 92.8 Å². The Morgan fingerprint density at radius 3 is 3.25 bits per heavy atom. The van der Waals surface area contributed by atoms with Gasteiger partial charge in [-0.2, -0.15) is 10.4 Å². The normalized spacial score (nSPS) is 19.4. The molecule has 2 heterocycles. The molecule has 0 aromatic carbocycles. The molecule has 6 heteroatoms. The molecule has 84 valence electrons. The van der Waals surface area contributed by atoms with Gasteiger partial charge in [-0.15, -0.1) is 0 Å². The van der Waals surface area contributed by atoms with Crippen molar-refractivity contribution in [1.29, 1.82) is 5.26 Å². The van der Waals surface area contributed by atoms with Gasteiger partial charge in [0.25, 0.3) is 5.91 Å². The maximum Gasteiger partial charge on any atom is 0.254 e. The van der Waals surface area contributed by atoms with Crippen molar-refractivity contribution in [2.45, 2.75) is 18.9 Å². The molecule has 2 rings (SSSR count). The zero-order valence-corrected chi connectivity index (χ0v) is 8.93. The van der Waals surface area contributed by atoms with Gasteiger partial charge in [0.15, 0.2) is 0 Å². The van der Waals surface area contributed by atoms with E-state index in [0.717, 1.165) is 12.8 Å². The van der Waals surface area contributed by atoms with Crippen LogP contribution in [0.1, 0.15) is 18.4 Å². The first kappa shape index (κ1) is 10.6. The maximum atomic E-state index is 11.7. The zero-order chi connectivity index (χ0) is 11.5. The van der Waals surface area contributed by atoms with Gasteiger partial charge in [-0.3, -0.25) is 9.48 Å². The molecule has 1 amide bonds. The summed E-state index contributed by atoms with van der Waals surface area (Å²) in [4.78, 5) is 11.7. The fourth-order valence-corrected chi connectivity index (χ4v) is 1.65. The maximum absolute atomic E-state index is 11.7. The minimum atomic E-state index is -0.401. The topological polar surface area (TPSA) is 79.9 Å². The molecule has 0 radical (unpaired) electrons. The molecule has 1 unspecified atom stereocenters. The van der Waals surface area contributed by atoms with Gasteiger partial charge < -0.3 is 10.1 Å². The number of hydrogen-bond donors (Lipinski definition) is 1. The molecule has 1 N–H and O–H groups in total. The number of aryl methyl sites for hydroxylation is 1. The van der Waals surface area contributed by atoms with Gasteiger partial charge in [0, 0.05) is 13.7 Å². The Morgan fingerprint density at radius 1 is 1.81 bits per heavy atom. The van der Waals surface area contributed by atoms with Crippen molar-refractivity contribution in [3.63, 3.8) is 0 Å². The standard InChI is InChI=1S/C10H12N4O2/c1-14-9(7(5-11)6-12-14)13-10(15)8-3-2-4-16-8/h6,8H,2-4H2,1H3,(H,13,15). The van der Waals surface area contributed by atoms with Crippen LogP contribution in [-0.2, 0) is 16.6 Å². The van der Waals surface area contributed by atoms with Crippen molar-refractivity contribution in [1.82, 2.24) is 9.78 Å². The number of carbonyl (C=O) groups is 1. The molecule has 1 atom stereocenters. The van der Waals surface area contributed by atoms with E-state index in [1.165, 1.54) is 10.9 Å². The fraction of sp³-hybridized carbons (Fsp3) is 0.500. The number of rotatable bonds is 2. The lowest BCUT2D eigenvalue weighted by molar-refractivity contribution is -0.124. The SMILES string of the molecule is Cn1ncc(C#N)c1NC(=O)C1CCCO1. The van der Waals surface area contributed by atoms with E-state index in [4.69, 9.17) is 10.00 Å². The molecule has 1 saturated heterocycles. The van der Waals surface area contributed by atoms with E-state index in [1.54, 1.807) is 7.05 Å². The fourth-order valence-electron chi connectivity index (χ4n) is 1.65. The number of aromatic nitrogens is 2. The third-order valence-electron chi connectivity index (χ3n) is 2.52. The van der Waals surface area contributed by atoms with Crippen LogP contribution in [-0.4, -0.2) is 28.4 Å². The minimum absolute atomic E-state index is 0.211. The van der Waals surface area contributed by atoms with Crippen LogP contribution in [0.15, 0.2) is 6.20 Å². The van der Waals surface area contributed by atoms with Crippen molar-refractivity contribution in [3.8, 4) is 6.07 Å². The minimum Gasteiger partial charge on any atom is -0.368 e. The molecular weight excluding hydrogens is 208 g/mol. The highest BCUT2D eigenvalue weighted by molar-refractivity contribution is 5.94. The van der Waals surface area contributed by atoms with E-state index >= 15 is 0 Å². The summed E-state index contributed by atoms with van der Waals surface area (Å²) in [6.45, 7) is 0.620. The number of amides is 1. The summed E-state index contributed by atoms with van der Waals surface area (Å²) in [5.74, 6) is 0.209. The smallest absolute Gasteiger partial charge is 0.254 e. The quantitative estimate of drug-likeness (QED) is 0.782. The number of hydrogen-bond acceptors (Lipinski definition) is 4. The second-order valence-electron chi connectivity index (χ2n) is 3.63. The van der Waals surface area contributed by atoms with Gasteiger partial charge >= 0.3 is 0 Å². The van der Waals surface area contributed by atoms with E-state index in [-0.39, 0.29) is 5.91 Å². The predicted molar refractivity (Wildman–Crippen MR) is 55.5 cm³/mol. The Kier molecular flexibility index (Phi) is 2.88. The summed E-state index contributed by atoms with van der Waals surface area (Å²) in [6, 6.07) is 1.97. The molecule has 6 nitrogen and oxygen atoms in total. The molecule has 0 spiro atoms. The lowest BCUT2D eigenvalue weighted by Gasteiger charge is -2.10. The number of nitrogens with one attached hydrogen (secondary N) is 1. The summed E-state index contributed by atoms with van der Waals surface area (Å²) >= 11 is 0. The Balaban J connectivity index is 2.11. The number of anilines is 1. The van der Waals surface area contributed by atoms with Gasteiger partial charge in [0.1, 0.15) is 23.6 Å². The number of nitrogens with zero attached hydrogens (tertiary/aromatic N) is 3. The first-order chi connectivity index (χ1) is 7.72. The Hall–Kier alpha value is -1.87. The molecule has 16 heavy (non-hydrogen) atoms. The highest BCUT2D eigenvalue weighted by Gasteiger charge is 2.25. The third kappa shape index (κ3) is 1.90. The predicted octanol–water partition coefficient (Wildman–Crippen LogP) is 0.409.